The number of rotatable bonds is 9. The third kappa shape index (κ3) is 5.76. The van der Waals surface area contributed by atoms with Gasteiger partial charge in [-0.25, -0.2) is 18.2 Å². The number of anilines is 1. The molecule has 0 fully saturated rings. The Hall–Kier alpha value is -5.08. The summed E-state index contributed by atoms with van der Waals surface area (Å²) in [5, 5.41) is 0. The first-order valence-corrected chi connectivity index (χ1v) is 14.5. The molecule has 0 aliphatic carbocycles. The topological polar surface area (TPSA) is 68.6 Å². The van der Waals surface area contributed by atoms with E-state index >= 15 is 8.78 Å². The summed E-state index contributed by atoms with van der Waals surface area (Å²) in [6.45, 7) is 2.73. The van der Waals surface area contributed by atoms with E-state index in [2.05, 4.69) is 17.0 Å². The van der Waals surface area contributed by atoms with Crippen molar-refractivity contribution in [1.82, 2.24) is 18.9 Å². The third-order valence-corrected chi connectivity index (χ3v) is 8.00. The van der Waals surface area contributed by atoms with Crippen LogP contribution >= 0.6 is 0 Å². The summed E-state index contributed by atoms with van der Waals surface area (Å²) in [7, 11) is 1.99. The molecule has 0 radical (unpaired) electrons. The number of nitrogens with zero attached hydrogens (tertiary/aromatic N) is 4. The first-order chi connectivity index (χ1) is 21.3. The number of fused-ring (bicyclic) bond motifs is 1. The van der Waals surface area contributed by atoms with Crippen LogP contribution in [0.25, 0.3) is 17.0 Å². The van der Waals surface area contributed by atoms with E-state index in [1.807, 2.05) is 74.6 Å². The van der Waals surface area contributed by atoms with Crippen molar-refractivity contribution in [1.29, 1.82) is 0 Å². The number of halogens is 2. The molecule has 0 amide bonds. The lowest BCUT2D eigenvalue weighted by Gasteiger charge is -2.20. The van der Waals surface area contributed by atoms with Crippen LogP contribution in [-0.2, 0) is 26.1 Å². The minimum atomic E-state index is -0.654. The van der Waals surface area contributed by atoms with Gasteiger partial charge in [0.1, 0.15) is 11.6 Å². The summed E-state index contributed by atoms with van der Waals surface area (Å²) in [6, 6.07) is 31.0. The second kappa shape index (κ2) is 12.3. The molecule has 0 aliphatic heterocycles. The van der Waals surface area contributed by atoms with Crippen molar-refractivity contribution in [2.75, 3.05) is 12.8 Å². The van der Waals surface area contributed by atoms with E-state index in [1.165, 1.54) is 18.2 Å². The van der Waals surface area contributed by atoms with Crippen molar-refractivity contribution in [3.8, 4) is 11.3 Å². The van der Waals surface area contributed by atoms with Gasteiger partial charge in [-0.05, 0) is 49.4 Å². The summed E-state index contributed by atoms with van der Waals surface area (Å²) in [5.41, 5.74) is 11.6. The summed E-state index contributed by atoms with van der Waals surface area (Å²) < 4.78 is 33.4. The van der Waals surface area contributed by atoms with Crippen LogP contribution in [0.15, 0.2) is 108 Å². The van der Waals surface area contributed by atoms with Crippen LogP contribution in [0.1, 0.15) is 33.6 Å². The van der Waals surface area contributed by atoms with E-state index < -0.39 is 11.6 Å². The highest BCUT2D eigenvalue weighted by atomic mass is 19.1. The summed E-state index contributed by atoms with van der Waals surface area (Å²) in [6.07, 6.45) is 0.357. The molecule has 0 aliphatic rings. The average Bonchev–Trinajstić information content (AvgIpc) is 3.38. The highest BCUT2D eigenvalue weighted by Crippen LogP contribution is 2.28. The molecule has 6 aromatic rings. The standard InChI is InChI=1S/C36H33F2N5O/c1-24-29(20-25-10-5-3-6-11-25)35(44)43-33(23-41(2)21-26-12-7-4-8-13-26)34(27-16-18-28(39)19-17-27)40-36(43)42(24)22-30-31(37)14-9-15-32(30)38/h3-19H,20-23,39H2,1-2H3. The fourth-order valence-electron chi connectivity index (χ4n) is 5.70. The van der Waals surface area contributed by atoms with Gasteiger partial charge in [0.15, 0.2) is 0 Å². The molecule has 4 aromatic carbocycles. The first kappa shape index (κ1) is 29.0. The van der Waals surface area contributed by atoms with E-state index in [0.717, 1.165) is 16.7 Å². The van der Waals surface area contributed by atoms with Crippen LogP contribution in [-0.4, -0.2) is 25.9 Å². The molecular formula is C36H33F2N5O. The number of aromatic nitrogens is 3. The van der Waals surface area contributed by atoms with E-state index in [9.17, 15) is 4.79 Å². The number of hydrogen-bond donors (Lipinski definition) is 1. The van der Waals surface area contributed by atoms with Crippen LogP contribution in [0.5, 0.6) is 0 Å². The fraction of sp³-hybridized carbons (Fsp3) is 0.167. The van der Waals surface area contributed by atoms with Gasteiger partial charge in [0.25, 0.3) is 5.56 Å². The van der Waals surface area contributed by atoms with Gasteiger partial charge in [0, 0.05) is 47.6 Å². The molecule has 6 rings (SSSR count). The van der Waals surface area contributed by atoms with Gasteiger partial charge in [-0.1, -0.05) is 78.9 Å². The highest BCUT2D eigenvalue weighted by molar-refractivity contribution is 5.67. The van der Waals surface area contributed by atoms with E-state index in [-0.39, 0.29) is 17.7 Å². The Balaban J connectivity index is 1.60. The molecule has 0 atom stereocenters. The van der Waals surface area contributed by atoms with E-state index in [1.54, 1.807) is 21.1 Å². The smallest absolute Gasteiger partial charge is 0.263 e. The van der Waals surface area contributed by atoms with Gasteiger partial charge >= 0.3 is 0 Å². The minimum Gasteiger partial charge on any atom is -0.399 e. The molecule has 0 bridgehead atoms. The van der Waals surface area contributed by atoms with Crippen LogP contribution in [0.3, 0.4) is 0 Å². The third-order valence-electron chi connectivity index (χ3n) is 8.00. The molecule has 2 heterocycles. The molecule has 222 valence electrons. The lowest BCUT2D eigenvalue weighted by Crippen LogP contribution is -2.29. The maximum Gasteiger partial charge on any atom is 0.263 e. The van der Waals surface area contributed by atoms with Crippen molar-refractivity contribution in [2.24, 2.45) is 0 Å². The summed E-state index contributed by atoms with van der Waals surface area (Å²) >= 11 is 0. The molecule has 0 saturated carbocycles. The second-order valence-electron chi connectivity index (χ2n) is 11.1. The van der Waals surface area contributed by atoms with Crippen LogP contribution in [0.2, 0.25) is 0 Å². The maximum atomic E-state index is 15.0. The predicted molar refractivity (Wildman–Crippen MR) is 170 cm³/mol. The number of imidazole rings is 1. The lowest BCUT2D eigenvalue weighted by molar-refractivity contribution is 0.314. The van der Waals surface area contributed by atoms with E-state index in [4.69, 9.17) is 10.7 Å². The number of benzene rings is 4. The fourth-order valence-corrected chi connectivity index (χ4v) is 5.70. The zero-order valence-corrected chi connectivity index (χ0v) is 24.7. The zero-order chi connectivity index (χ0) is 30.8. The molecule has 0 unspecified atom stereocenters. The SMILES string of the molecule is Cc1c(Cc2ccccc2)c(=O)n2c(CN(C)Cc3ccccc3)c(-c3ccc(N)cc3)nc2n1Cc1c(F)cccc1F. The zero-order valence-electron chi connectivity index (χ0n) is 24.7. The number of hydrogen-bond acceptors (Lipinski definition) is 4. The van der Waals surface area contributed by atoms with Crippen molar-refractivity contribution in [3.05, 3.63) is 159 Å². The molecule has 0 spiro atoms. The van der Waals surface area contributed by atoms with Gasteiger partial charge in [-0.3, -0.25) is 9.69 Å². The van der Waals surface area contributed by atoms with Crippen LogP contribution in [0, 0.1) is 18.6 Å². The Morgan fingerprint density at radius 1 is 0.773 bits per heavy atom. The van der Waals surface area contributed by atoms with Crippen molar-refractivity contribution in [3.63, 3.8) is 0 Å². The van der Waals surface area contributed by atoms with Crippen LogP contribution < -0.4 is 11.3 Å². The highest BCUT2D eigenvalue weighted by Gasteiger charge is 2.25. The molecular weight excluding hydrogens is 556 g/mol. The summed E-state index contributed by atoms with van der Waals surface area (Å²) in [5.74, 6) is -0.986. The Morgan fingerprint density at radius 3 is 2.02 bits per heavy atom. The van der Waals surface area contributed by atoms with E-state index in [0.29, 0.717) is 53.6 Å². The largest absolute Gasteiger partial charge is 0.399 e. The number of nitrogens with two attached hydrogens (primary N) is 1. The lowest BCUT2D eigenvalue weighted by atomic mass is 10.0. The van der Waals surface area contributed by atoms with Crippen molar-refractivity contribution >= 4 is 11.5 Å². The van der Waals surface area contributed by atoms with Crippen LogP contribution in [0.4, 0.5) is 14.5 Å². The Morgan fingerprint density at radius 2 is 1.39 bits per heavy atom. The molecule has 2 aromatic heterocycles. The average molecular weight is 590 g/mol. The summed E-state index contributed by atoms with van der Waals surface area (Å²) in [4.78, 5) is 21.6. The Labute approximate surface area is 254 Å². The predicted octanol–water partition coefficient (Wildman–Crippen LogP) is 6.60. The molecule has 44 heavy (non-hydrogen) atoms. The second-order valence-corrected chi connectivity index (χ2v) is 11.1. The Bertz CT molecular complexity index is 1960. The molecule has 2 N–H and O–H groups in total. The quantitative estimate of drug-likeness (QED) is 0.193. The minimum absolute atomic E-state index is 0.0911. The van der Waals surface area contributed by atoms with Crippen molar-refractivity contribution in [2.45, 2.75) is 33.0 Å². The maximum absolute atomic E-state index is 15.0. The first-order valence-electron chi connectivity index (χ1n) is 14.5. The normalized spacial score (nSPS) is 11.5. The molecule has 0 saturated heterocycles. The molecule has 8 heteroatoms. The van der Waals surface area contributed by atoms with Gasteiger partial charge in [-0.15, -0.1) is 0 Å². The van der Waals surface area contributed by atoms with Gasteiger partial charge in [-0.2, -0.15) is 0 Å². The van der Waals surface area contributed by atoms with Gasteiger partial charge < -0.3 is 10.3 Å². The monoisotopic (exact) mass is 589 g/mol. The van der Waals surface area contributed by atoms with Gasteiger partial charge in [0.05, 0.1) is 17.9 Å². The molecule has 6 nitrogen and oxygen atoms in total. The Kier molecular flexibility index (Phi) is 8.09. The number of nitrogen functional groups attached to an aromatic ring is 1. The van der Waals surface area contributed by atoms with Gasteiger partial charge in [0.2, 0.25) is 5.78 Å². The van der Waals surface area contributed by atoms with Crippen molar-refractivity contribution < 1.29 is 8.78 Å².